The van der Waals surface area contributed by atoms with E-state index in [1.54, 1.807) is 25.1 Å². The fourth-order valence-electron chi connectivity index (χ4n) is 1.92. The molecule has 0 saturated carbocycles. The number of aromatic carboxylic acids is 1. The molecule has 1 N–H and O–H groups in total. The number of nitrogens with one attached hydrogen (secondary N) is 1. The molecule has 0 saturated heterocycles. The quantitative estimate of drug-likeness (QED) is 0.925. The van der Waals surface area contributed by atoms with Crippen LogP contribution in [0.2, 0.25) is 5.02 Å². The molecular weight excluding hydrogens is 326 g/mol. The highest BCUT2D eigenvalue weighted by molar-refractivity contribution is 7.92. The molecule has 0 aliphatic carbocycles. The maximum absolute atomic E-state index is 12.5. The van der Waals surface area contributed by atoms with Gasteiger partial charge in [-0.05, 0) is 48.7 Å². The molecule has 2 aromatic carbocycles. The Hall–Kier alpha value is -2.05. The van der Waals surface area contributed by atoms with Crippen molar-refractivity contribution < 1.29 is 18.3 Å². The second kappa shape index (κ2) is 5.98. The molecule has 0 aliphatic heterocycles. The molecule has 0 amide bonds. The molecule has 0 heterocycles. The first kappa shape index (κ1) is 16.3. The summed E-state index contributed by atoms with van der Waals surface area (Å²) in [5.74, 6) is -1.44. The van der Waals surface area contributed by atoms with Crippen LogP contribution < -0.4 is 9.83 Å². The molecule has 0 bridgehead atoms. The number of halogens is 1. The Balaban J connectivity index is 2.46. The summed E-state index contributed by atoms with van der Waals surface area (Å²) >= 11 is 6.01. The minimum atomic E-state index is -3.96. The van der Waals surface area contributed by atoms with Crippen LogP contribution in [0.1, 0.15) is 21.5 Å². The number of hydrogen-bond donors (Lipinski definition) is 1. The van der Waals surface area contributed by atoms with Crippen LogP contribution in [0.25, 0.3) is 0 Å². The molecule has 0 unspecified atom stereocenters. The fourth-order valence-corrected chi connectivity index (χ4v) is 3.61. The minimum Gasteiger partial charge on any atom is -0.545 e. The summed E-state index contributed by atoms with van der Waals surface area (Å²) in [5, 5.41) is 11.2. The molecule has 0 spiro atoms. The van der Waals surface area contributed by atoms with E-state index in [4.69, 9.17) is 11.6 Å². The number of carbonyl (C=O) groups is 1. The van der Waals surface area contributed by atoms with Gasteiger partial charge in [0.25, 0.3) is 10.0 Å². The standard InChI is InChI=1S/C15H14ClNO4S/c1-9-3-6-13(12(16)7-9)17-22(20,21)14-8-11(15(18)19)5-4-10(14)2/h3-8,17H,1-2H3,(H,18,19)/p-1. The van der Waals surface area contributed by atoms with Crippen molar-refractivity contribution in [2.45, 2.75) is 18.7 Å². The van der Waals surface area contributed by atoms with E-state index in [1.165, 1.54) is 12.1 Å². The number of hydrogen-bond acceptors (Lipinski definition) is 4. The average molecular weight is 339 g/mol. The maximum Gasteiger partial charge on any atom is 0.262 e. The third-order valence-electron chi connectivity index (χ3n) is 3.08. The molecule has 2 aromatic rings. The van der Waals surface area contributed by atoms with Gasteiger partial charge in [-0.15, -0.1) is 0 Å². The Morgan fingerprint density at radius 1 is 1.14 bits per heavy atom. The third kappa shape index (κ3) is 3.40. The lowest BCUT2D eigenvalue weighted by Gasteiger charge is -2.13. The first-order chi connectivity index (χ1) is 10.2. The Bertz CT molecular complexity index is 847. The van der Waals surface area contributed by atoms with Gasteiger partial charge in [-0.2, -0.15) is 0 Å². The van der Waals surface area contributed by atoms with Crippen LogP contribution in [0.4, 0.5) is 5.69 Å². The second-order valence-corrected chi connectivity index (χ2v) is 6.91. The zero-order valence-corrected chi connectivity index (χ0v) is 13.5. The SMILES string of the molecule is Cc1ccc(NS(=O)(=O)c2cc(C(=O)[O-])ccc2C)c(Cl)c1. The highest BCUT2D eigenvalue weighted by Crippen LogP contribution is 2.27. The first-order valence-electron chi connectivity index (χ1n) is 6.31. The lowest BCUT2D eigenvalue weighted by molar-refractivity contribution is -0.255. The average Bonchev–Trinajstić information content (AvgIpc) is 2.42. The lowest BCUT2D eigenvalue weighted by atomic mass is 10.1. The van der Waals surface area contributed by atoms with Crippen molar-refractivity contribution in [2.24, 2.45) is 0 Å². The molecule has 0 fully saturated rings. The predicted octanol–water partition coefficient (Wildman–Crippen LogP) is 2.12. The topological polar surface area (TPSA) is 86.3 Å². The summed E-state index contributed by atoms with van der Waals surface area (Å²) in [6.07, 6.45) is 0. The summed E-state index contributed by atoms with van der Waals surface area (Å²) in [5.41, 5.74) is 1.33. The number of benzene rings is 2. The van der Waals surface area contributed by atoms with Gasteiger partial charge in [-0.3, -0.25) is 4.72 Å². The third-order valence-corrected chi connectivity index (χ3v) is 4.90. The molecule has 116 valence electrons. The van der Waals surface area contributed by atoms with Crippen molar-refractivity contribution in [3.8, 4) is 0 Å². The van der Waals surface area contributed by atoms with Crippen molar-refractivity contribution in [2.75, 3.05) is 4.72 Å². The van der Waals surface area contributed by atoms with E-state index < -0.39 is 16.0 Å². The molecule has 2 rings (SSSR count). The Labute approximate surface area is 133 Å². The van der Waals surface area contributed by atoms with Crippen molar-refractivity contribution >= 4 is 33.3 Å². The van der Waals surface area contributed by atoms with Gasteiger partial charge in [0.05, 0.1) is 21.6 Å². The van der Waals surface area contributed by atoms with Crippen LogP contribution >= 0.6 is 11.6 Å². The van der Waals surface area contributed by atoms with Crippen molar-refractivity contribution in [1.29, 1.82) is 0 Å². The van der Waals surface area contributed by atoms with E-state index in [2.05, 4.69) is 4.72 Å². The zero-order valence-electron chi connectivity index (χ0n) is 11.9. The van der Waals surface area contributed by atoms with E-state index in [0.29, 0.717) is 5.56 Å². The summed E-state index contributed by atoms with van der Waals surface area (Å²) < 4.78 is 27.3. The summed E-state index contributed by atoms with van der Waals surface area (Å²) in [4.78, 5) is 10.8. The highest BCUT2D eigenvalue weighted by Gasteiger charge is 2.19. The first-order valence-corrected chi connectivity index (χ1v) is 8.18. The number of sulfonamides is 1. The van der Waals surface area contributed by atoms with E-state index in [1.807, 2.05) is 6.92 Å². The molecule has 22 heavy (non-hydrogen) atoms. The molecule has 0 aromatic heterocycles. The number of carboxylic acid groups (broad SMARTS) is 1. The van der Waals surface area contributed by atoms with Crippen LogP contribution in [0.5, 0.6) is 0 Å². The Morgan fingerprint density at radius 3 is 2.41 bits per heavy atom. The summed E-state index contributed by atoms with van der Waals surface area (Å²) in [6, 6.07) is 8.67. The number of rotatable bonds is 4. The summed E-state index contributed by atoms with van der Waals surface area (Å²) in [7, 11) is -3.96. The van der Waals surface area contributed by atoms with Crippen molar-refractivity contribution in [3.05, 3.63) is 58.1 Å². The smallest absolute Gasteiger partial charge is 0.262 e. The zero-order chi connectivity index (χ0) is 16.5. The number of carboxylic acids is 1. The van der Waals surface area contributed by atoms with Crippen LogP contribution in [0.3, 0.4) is 0 Å². The number of carbonyl (C=O) groups excluding carboxylic acids is 1. The van der Waals surface area contributed by atoms with Crippen LogP contribution in [-0.2, 0) is 10.0 Å². The van der Waals surface area contributed by atoms with Crippen LogP contribution in [-0.4, -0.2) is 14.4 Å². The van der Waals surface area contributed by atoms with Gasteiger partial charge in [0.2, 0.25) is 0 Å². The van der Waals surface area contributed by atoms with Gasteiger partial charge >= 0.3 is 0 Å². The van der Waals surface area contributed by atoms with Crippen molar-refractivity contribution in [3.63, 3.8) is 0 Å². The second-order valence-electron chi connectivity index (χ2n) is 4.86. The van der Waals surface area contributed by atoms with Gasteiger partial charge in [-0.25, -0.2) is 8.42 Å². The normalized spacial score (nSPS) is 11.2. The van der Waals surface area contributed by atoms with Crippen molar-refractivity contribution in [1.82, 2.24) is 0 Å². The molecule has 5 nitrogen and oxygen atoms in total. The largest absolute Gasteiger partial charge is 0.545 e. The number of aryl methyl sites for hydroxylation is 2. The van der Waals surface area contributed by atoms with Crippen LogP contribution in [0.15, 0.2) is 41.3 Å². The molecule has 0 atom stereocenters. The highest BCUT2D eigenvalue weighted by atomic mass is 35.5. The lowest BCUT2D eigenvalue weighted by Crippen LogP contribution is -2.23. The molecular formula is C15H13ClNO4S-. The monoisotopic (exact) mass is 338 g/mol. The van der Waals surface area contributed by atoms with E-state index in [9.17, 15) is 18.3 Å². The van der Waals surface area contributed by atoms with Gasteiger partial charge in [0.15, 0.2) is 0 Å². The van der Waals surface area contributed by atoms with Gasteiger partial charge in [0.1, 0.15) is 0 Å². The maximum atomic E-state index is 12.5. The Morgan fingerprint density at radius 2 is 1.82 bits per heavy atom. The molecule has 7 heteroatoms. The van der Waals surface area contributed by atoms with E-state index >= 15 is 0 Å². The summed E-state index contributed by atoms with van der Waals surface area (Å²) in [6.45, 7) is 3.40. The Kier molecular flexibility index (Phi) is 4.44. The van der Waals surface area contributed by atoms with Gasteiger partial charge in [-0.1, -0.05) is 29.8 Å². The predicted molar refractivity (Wildman–Crippen MR) is 82.5 cm³/mol. The number of anilines is 1. The van der Waals surface area contributed by atoms with E-state index in [0.717, 1.165) is 11.6 Å². The van der Waals surface area contributed by atoms with Crippen LogP contribution in [0, 0.1) is 13.8 Å². The van der Waals surface area contributed by atoms with Gasteiger partial charge < -0.3 is 9.90 Å². The minimum absolute atomic E-state index is 0.133. The van der Waals surface area contributed by atoms with Gasteiger partial charge in [0, 0.05) is 0 Å². The molecule has 0 radical (unpaired) electrons. The fraction of sp³-hybridized carbons (Fsp3) is 0.133. The molecule has 0 aliphatic rings. The van der Waals surface area contributed by atoms with E-state index in [-0.39, 0.29) is 21.2 Å².